The molecule has 0 aromatic carbocycles. The number of hydrogen-bond donors (Lipinski definition) is 4. The van der Waals surface area contributed by atoms with Crippen molar-refractivity contribution in [3.63, 3.8) is 0 Å². The van der Waals surface area contributed by atoms with Gasteiger partial charge in [0.25, 0.3) is 0 Å². The molecule has 0 aliphatic heterocycles. The zero-order valence-corrected chi connectivity index (χ0v) is 45.7. The highest BCUT2D eigenvalue weighted by molar-refractivity contribution is 5.80. The standard InChI is InChI=1S/C63H119NO4/c1-3-5-7-9-11-13-15-17-19-21-23-25-27-28-29-30-31-32-33-34-35-36-38-40-42-44-46-48-50-52-54-56-58-62(67)63(68)64-60(59-65)61(66)57-55-53-51-49-47-45-43-41-39-37-26-24-22-20-18-16-14-12-10-8-6-4-2/h23,25,28-29,47,49,55,57,60-62,65-67H,3-22,24,26-27,30-46,48,50-54,56,58-59H2,1-2H3,(H,64,68)/b25-23-,29-28-,49-47+,57-55+. The van der Waals surface area contributed by atoms with Crippen molar-refractivity contribution in [3.05, 3.63) is 48.6 Å². The summed E-state index contributed by atoms with van der Waals surface area (Å²) in [6.07, 6.45) is 77.8. The number of aliphatic hydroxyl groups excluding tert-OH is 3. The molecule has 0 fully saturated rings. The van der Waals surface area contributed by atoms with Crippen LogP contribution < -0.4 is 5.32 Å². The second-order valence-electron chi connectivity index (χ2n) is 20.9. The van der Waals surface area contributed by atoms with Gasteiger partial charge in [-0.05, 0) is 64.2 Å². The van der Waals surface area contributed by atoms with Gasteiger partial charge in [-0.1, -0.05) is 306 Å². The van der Waals surface area contributed by atoms with Crippen LogP contribution in [-0.2, 0) is 4.79 Å². The lowest BCUT2D eigenvalue weighted by Gasteiger charge is -2.21. The molecule has 0 heterocycles. The normalized spacial score (nSPS) is 13.5. The maximum atomic E-state index is 12.6. The molecule has 0 rings (SSSR count). The van der Waals surface area contributed by atoms with Crippen molar-refractivity contribution in [1.82, 2.24) is 5.32 Å². The molecule has 0 spiro atoms. The Kier molecular flexibility index (Phi) is 56.4. The fourth-order valence-corrected chi connectivity index (χ4v) is 9.41. The molecule has 0 saturated carbocycles. The fourth-order valence-electron chi connectivity index (χ4n) is 9.41. The van der Waals surface area contributed by atoms with Gasteiger partial charge in [0, 0.05) is 0 Å². The van der Waals surface area contributed by atoms with Crippen LogP contribution in [0.3, 0.4) is 0 Å². The summed E-state index contributed by atoms with van der Waals surface area (Å²) in [7, 11) is 0. The fraction of sp³-hybridized carbons (Fsp3) is 0.857. The summed E-state index contributed by atoms with van der Waals surface area (Å²) in [5.41, 5.74) is 0. The SMILES string of the molecule is CCCCCCCCCCC/C=C\C/C=C\CCCCCCCCCCCCCCCCCCC(O)C(=O)NC(CO)C(O)/C=C/CC/C=C/CCCCCCCCCCCCCCCCCC. The van der Waals surface area contributed by atoms with Gasteiger partial charge in [0.05, 0.1) is 18.8 Å². The molecule has 0 aromatic heterocycles. The summed E-state index contributed by atoms with van der Waals surface area (Å²) in [5, 5.41) is 33.4. The van der Waals surface area contributed by atoms with E-state index in [9.17, 15) is 20.1 Å². The molecule has 0 saturated heterocycles. The smallest absolute Gasteiger partial charge is 0.249 e. The molecule has 400 valence electrons. The van der Waals surface area contributed by atoms with Crippen LogP contribution in [0.15, 0.2) is 48.6 Å². The molecule has 68 heavy (non-hydrogen) atoms. The third-order valence-electron chi connectivity index (χ3n) is 14.1. The van der Waals surface area contributed by atoms with Crippen molar-refractivity contribution in [3.8, 4) is 0 Å². The van der Waals surface area contributed by atoms with Gasteiger partial charge < -0.3 is 20.6 Å². The molecule has 0 aromatic rings. The summed E-state index contributed by atoms with van der Waals surface area (Å²) >= 11 is 0. The number of aliphatic hydroxyl groups is 3. The Morgan fingerprint density at radius 2 is 0.647 bits per heavy atom. The minimum Gasteiger partial charge on any atom is -0.394 e. The molecule has 3 unspecified atom stereocenters. The molecule has 1 amide bonds. The molecule has 0 aliphatic rings. The predicted octanol–water partition coefficient (Wildman–Crippen LogP) is 19.2. The number of rotatable bonds is 56. The highest BCUT2D eigenvalue weighted by Crippen LogP contribution is 2.17. The lowest BCUT2D eigenvalue weighted by atomic mass is 10.0. The Balaban J connectivity index is 3.57. The van der Waals surface area contributed by atoms with Gasteiger partial charge in [0.1, 0.15) is 6.10 Å². The number of nitrogens with one attached hydrogen (secondary N) is 1. The van der Waals surface area contributed by atoms with E-state index in [0.717, 1.165) is 44.9 Å². The average molecular weight is 955 g/mol. The van der Waals surface area contributed by atoms with E-state index in [1.54, 1.807) is 6.08 Å². The summed E-state index contributed by atoms with van der Waals surface area (Å²) in [4.78, 5) is 12.6. The van der Waals surface area contributed by atoms with Crippen molar-refractivity contribution in [2.75, 3.05) is 6.61 Å². The van der Waals surface area contributed by atoms with Crippen LogP contribution in [0.5, 0.6) is 0 Å². The second-order valence-corrected chi connectivity index (χ2v) is 20.9. The highest BCUT2D eigenvalue weighted by Gasteiger charge is 2.22. The largest absolute Gasteiger partial charge is 0.394 e. The Hall–Kier alpha value is -1.69. The molecule has 0 aliphatic carbocycles. The van der Waals surface area contributed by atoms with E-state index < -0.39 is 24.2 Å². The van der Waals surface area contributed by atoms with Crippen molar-refractivity contribution in [1.29, 1.82) is 0 Å². The number of carbonyl (C=O) groups excluding carboxylic acids is 1. The van der Waals surface area contributed by atoms with Crippen LogP contribution >= 0.6 is 0 Å². The van der Waals surface area contributed by atoms with Gasteiger partial charge in [-0.25, -0.2) is 0 Å². The molecule has 5 heteroatoms. The van der Waals surface area contributed by atoms with E-state index in [-0.39, 0.29) is 6.61 Å². The van der Waals surface area contributed by atoms with E-state index in [4.69, 9.17) is 0 Å². The number of allylic oxidation sites excluding steroid dienone is 7. The van der Waals surface area contributed by atoms with E-state index in [1.807, 2.05) is 6.08 Å². The molecule has 0 radical (unpaired) electrons. The monoisotopic (exact) mass is 954 g/mol. The van der Waals surface area contributed by atoms with Crippen molar-refractivity contribution < 1.29 is 20.1 Å². The lowest BCUT2D eigenvalue weighted by Crippen LogP contribution is -2.48. The van der Waals surface area contributed by atoms with Gasteiger partial charge in [0.2, 0.25) is 5.91 Å². The Bertz CT molecular complexity index is 1100. The Morgan fingerprint density at radius 1 is 0.368 bits per heavy atom. The quantitative estimate of drug-likeness (QED) is 0.0361. The average Bonchev–Trinajstić information content (AvgIpc) is 3.34. The number of hydrogen-bond acceptors (Lipinski definition) is 4. The van der Waals surface area contributed by atoms with E-state index in [1.165, 1.54) is 257 Å². The van der Waals surface area contributed by atoms with Crippen LogP contribution in [-0.4, -0.2) is 46.1 Å². The van der Waals surface area contributed by atoms with Gasteiger partial charge in [-0.15, -0.1) is 0 Å². The molecule has 3 atom stereocenters. The molecule has 0 bridgehead atoms. The first kappa shape index (κ1) is 66.3. The maximum absolute atomic E-state index is 12.6. The minimum atomic E-state index is -1.11. The van der Waals surface area contributed by atoms with Crippen LogP contribution in [0.25, 0.3) is 0 Å². The minimum absolute atomic E-state index is 0.375. The van der Waals surface area contributed by atoms with Crippen molar-refractivity contribution in [2.24, 2.45) is 0 Å². The Labute approximate surface area is 425 Å². The third-order valence-corrected chi connectivity index (χ3v) is 14.1. The van der Waals surface area contributed by atoms with Gasteiger partial charge in [-0.2, -0.15) is 0 Å². The first-order valence-electron chi connectivity index (χ1n) is 30.5. The molecule has 4 N–H and O–H groups in total. The zero-order chi connectivity index (χ0) is 49.3. The van der Waals surface area contributed by atoms with Gasteiger partial charge >= 0.3 is 0 Å². The van der Waals surface area contributed by atoms with Crippen molar-refractivity contribution >= 4 is 5.91 Å². The predicted molar refractivity (Wildman–Crippen MR) is 301 cm³/mol. The first-order chi connectivity index (χ1) is 33.6. The zero-order valence-electron chi connectivity index (χ0n) is 45.7. The van der Waals surface area contributed by atoms with Crippen LogP contribution in [0.1, 0.15) is 322 Å². The van der Waals surface area contributed by atoms with Gasteiger partial charge in [0.15, 0.2) is 0 Å². The Morgan fingerprint density at radius 3 is 0.985 bits per heavy atom. The van der Waals surface area contributed by atoms with Crippen LogP contribution in [0.4, 0.5) is 0 Å². The molecular weight excluding hydrogens is 835 g/mol. The van der Waals surface area contributed by atoms with Gasteiger partial charge in [-0.3, -0.25) is 4.79 Å². The molecular formula is C63H119NO4. The second kappa shape index (κ2) is 57.9. The van der Waals surface area contributed by atoms with Crippen LogP contribution in [0.2, 0.25) is 0 Å². The summed E-state index contributed by atoms with van der Waals surface area (Å²) in [6, 6.07) is -0.816. The van der Waals surface area contributed by atoms with E-state index in [0.29, 0.717) is 6.42 Å². The van der Waals surface area contributed by atoms with Crippen LogP contribution in [0, 0.1) is 0 Å². The van der Waals surface area contributed by atoms with E-state index >= 15 is 0 Å². The first-order valence-corrected chi connectivity index (χ1v) is 30.5. The molecule has 5 nitrogen and oxygen atoms in total. The number of carbonyl (C=O) groups is 1. The summed E-state index contributed by atoms with van der Waals surface area (Å²) < 4.78 is 0. The lowest BCUT2D eigenvalue weighted by molar-refractivity contribution is -0.131. The third kappa shape index (κ3) is 52.1. The summed E-state index contributed by atoms with van der Waals surface area (Å²) in [6.45, 7) is 4.20. The highest BCUT2D eigenvalue weighted by atomic mass is 16.3. The number of unbranched alkanes of at least 4 members (excludes halogenated alkanes) is 42. The maximum Gasteiger partial charge on any atom is 0.249 e. The topological polar surface area (TPSA) is 89.8 Å². The van der Waals surface area contributed by atoms with Crippen molar-refractivity contribution in [2.45, 2.75) is 340 Å². The van der Waals surface area contributed by atoms with E-state index in [2.05, 4.69) is 55.6 Å². The summed E-state index contributed by atoms with van der Waals surface area (Å²) in [5.74, 6) is -0.509. The number of amides is 1.